The van der Waals surface area contributed by atoms with Gasteiger partial charge in [-0.2, -0.15) is 0 Å². The topological polar surface area (TPSA) is 90.9 Å². The Balaban J connectivity index is 1.46. The van der Waals surface area contributed by atoms with E-state index in [0.717, 1.165) is 30.9 Å². The molecule has 0 bridgehead atoms. The first-order valence-corrected chi connectivity index (χ1v) is 15.5. The number of rotatable bonds is 9. The molecular weight excluding hydrogens is 508 g/mol. The lowest BCUT2D eigenvalue weighted by Gasteiger charge is -2.19. The molecule has 0 radical (unpaired) electrons. The van der Waals surface area contributed by atoms with Crippen LogP contribution in [-0.2, 0) is 21.4 Å². The molecule has 7 nitrogen and oxygen atoms in total. The van der Waals surface area contributed by atoms with Gasteiger partial charge in [0.05, 0.1) is 17.2 Å². The highest BCUT2D eigenvalue weighted by Crippen LogP contribution is 2.38. The summed E-state index contributed by atoms with van der Waals surface area (Å²) >= 11 is 0. The van der Waals surface area contributed by atoms with Crippen molar-refractivity contribution >= 4 is 38.7 Å². The number of nitrogens with one attached hydrogen (secondary N) is 2. The fourth-order valence-corrected chi connectivity index (χ4v) is 6.49. The minimum atomic E-state index is -3.46. The van der Waals surface area contributed by atoms with Gasteiger partial charge in [0, 0.05) is 17.9 Å². The molecule has 2 aliphatic rings. The number of benzene rings is 3. The van der Waals surface area contributed by atoms with Crippen molar-refractivity contribution in [3.63, 3.8) is 0 Å². The van der Waals surface area contributed by atoms with Crippen molar-refractivity contribution < 1.29 is 13.2 Å². The standard InChI is InChI=1S/C31H36N4O3S/c1-2-20-39(37,38)34-26-16-17-28-27(21-26)29(31(36)33-28)30(24-10-6-5-7-11-24)32-25-14-12-23(13-15-25)22-35-18-8-3-4-9-19-35/h5-7,10-17,21,29,34H,2-4,8-9,18-20,22H2,1H3,(H,33,36). The van der Waals surface area contributed by atoms with Crippen molar-refractivity contribution in [2.75, 3.05) is 28.9 Å². The highest BCUT2D eigenvalue weighted by atomic mass is 32.2. The molecule has 1 fully saturated rings. The third kappa shape index (κ3) is 6.75. The van der Waals surface area contributed by atoms with Gasteiger partial charge in [-0.15, -0.1) is 0 Å². The molecular formula is C31H36N4O3S. The van der Waals surface area contributed by atoms with Crippen LogP contribution in [0.3, 0.4) is 0 Å². The third-order valence-corrected chi connectivity index (χ3v) is 8.75. The number of aliphatic imine (C=N–C) groups is 1. The van der Waals surface area contributed by atoms with Crippen molar-refractivity contribution in [1.29, 1.82) is 0 Å². The number of anilines is 2. The highest BCUT2D eigenvalue weighted by Gasteiger charge is 2.36. The van der Waals surface area contributed by atoms with Crippen LogP contribution in [0.2, 0.25) is 0 Å². The molecule has 0 saturated carbocycles. The monoisotopic (exact) mass is 544 g/mol. The molecule has 2 aliphatic heterocycles. The van der Waals surface area contributed by atoms with Crippen LogP contribution in [0.1, 0.15) is 61.6 Å². The molecule has 3 aromatic carbocycles. The van der Waals surface area contributed by atoms with E-state index in [9.17, 15) is 13.2 Å². The van der Waals surface area contributed by atoms with Gasteiger partial charge in [0.15, 0.2) is 0 Å². The zero-order valence-corrected chi connectivity index (χ0v) is 23.2. The maximum absolute atomic E-state index is 13.3. The fraction of sp³-hybridized carbons (Fsp3) is 0.355. The number of likely N-dealkylation sites (tertiary alicyclic amines) is 1. The molecule has 3 aromatic rings. The highest BCUT2D eigenvalue weighted by molar-refractivity contribution is 7.92. The van der Waals surface area contributed by atoms with Gasteiger partial charge in [0.1, 0.15) is 5.92 Å². The number of nitrogens with zero attached hydrogens (tertiary/aromatic N) is 2. The van der Waals surface area contributed by atoms with E-state index < -0.39 is 15.9 Å². The average Bonchev–Trinajstić information content (AvgIpc) is 3.06. The smallest absolute Gasteiger partial charge is 0.238 e. The van der Waals surface area contributed by atoms with Crippen LogP contribution in [-0.4, -0.2) is 43.8 Å². The summed E-state index contributed by atoms with van der Waals surface area (Å²) in [7, 11) is -3.46. The summed E-state index contributed by atoms with van der Waals surface area (Å²) in [5, 5.41) is 2.96. The molecule has 2 N–H and O–H groups in total. The van der Waals surface area contributed by atoms with Gasteiger partial charge in [-0.25, -0.2) is 8.42 Å². The lowest BCUT2D eigenvalue weighted by atomic mass is 9.90. The van der Waals surface area contributed by atoms with E-state index in [1.54, 1.807) is 18.2 Å². The summed E-state index contributed by atoms with van der Waals surface area (Å²) < 4.78 is 27.4. The summed E-state index contributed by atoms with van der Waals surface area (Å²) in [4.78, 5) is 20.8. The number of hydrogen-bond acceptors (Lipinski definition) is 5. The lowest BCUT2D eigenvalue weighted by molar-refractivity contribution is -0.115. The van der Waals surface area contributed by atoms with Crippen molar-refractivity contribution in [2.45, 2.75) is 51.5 Å². The van der Waals surface area contributed by atoms with Gasteiger partial charge in [-0.3, -0.25) is 19.4 Å². The Kier molecular flexibility index (Phi) is 8.43. The van der Waals surface area contributed by atoms with Crippen molar-refractivity contribution in [3.8, 4) is 0 Å². The second kappa shape index (κ2) is 12.1. The van der Waals surface area contributed by atoms with E-state index in [1.807, 2.05) is 49.4 Å². The molecule has 39 heavy (non-hydrogen) atoms. The number of amides is 1. The quantitative estimate of drug-likeness (QED) is 0.320. The van der Waals surface area contributed by atoms with Crippen LogP contribution in [0.5, 0.6) is 0 Å². The van der Waals surface area contributed by atoms with Crippen molar-refractivity contribution in [2.24, 2.45) is 4.99 Å². The second-order valence-corrected chi connectivity index (χ2v) is 12.2. The van der Waals surface area contributed by atoms with Crippen LogP contribution >= 0.6 is 0 Å². The molecule has 1 saturated heterocycles. The van der Waals surface area contributed by atoms with Crippen LogP contribution in [0.15, 0.2) is 77.8 Å². The summed E-state index contributed by atoms with van der Waals surface area (Å²) in [6.45, 7) is 5.05. The number of hydrogen-bond donors (Lipinski definition) is 2. The van der Waals surface area contributed by atoms with E-state index in [-0.39, 0.29) is 11.7 Å². The molecule has 0 spiro atoms. The van der Waals surface area contributed by atoms with E-state index in [0.29, 0.717) is 29.1 Å². The van der Waals surface area contributed by atoms with Crippen molar-refractivity contribution in [1.82, 2.24) is 4.90 Å². The number of carbonyl (C=O) groups excluding carboxylic acids is 1. The molecule has 1 atom stereocenters. The first-order valence-electron chi connectivity index (χ1n) is 13.8. The summed E-state index contributed by atoms with van der Waals surface area (Å²) in [6.07, 6.45) is 5.67. The van der Waals surface area contributed by atoms with Gasteiger partial charge in [-0.1, -0.05) is 62.2 Å². The number of sulfonamides is 1. The molecule has 8 heteroatoms. The maximum atomic E-state index is 13.3. The molecule has 2 heterocycles. The molecule has 1 amide bonds. The zero-order chi connectivity index (χ0) is 27.2. The van der Waals surface area contributed by atoms with Crippen molar-refractivity contribution in [3.05, 3.63) is 89.5 Å². The minimum absolute atomic E-state index is 0.0369. The fourth-order valence-electron chi connectivity index (χ4n) is 5.37. The van der Waals surface area contributed by atoms with Gasteiger partial charge >= 0.3 is 0 Å². The largest absolute Gasteiger partial charge is 0.325 e. The van der Waals surface area contributed by atoms with Crippen LogP contribution in [0, 0.1) is 0 Å². The van der Waals surface area contributed by atoms with E-state index >= 15 is 0 Å². The molecule has 0 aliphatic carbocycles. The Morgan fingerprint density at radius 2 is 1.69 bits per heavy atom. The summed E-state index contributed by atoms with van der Waals surface area (Å²) in [5.74, 6) is -0.816. The van der Waals surface area contributed by atoms with Crippen LogP contribution in [0.25, 0.3) is 0 Å². The Hall–Kier alpha value is -3.49. The summed E-state index contributed by atoms with van der Waals surface area (Å²) in [6, 6.07) is 23.1. The van der Waals surface area contributed by atoms with E-state index in [1.165, 1.54) is 31.2 Å². The Morgan fingerprint density at radius 3 is 2.38 bits per heavy atom. The predicted molar refractivity (Wildman–Crippen MR) is 158 cm³/mol. The van der Waals surface area contributed by atoms with Gasteiger partial charge in [-0.05, 0) is 79.4 Å². The molecule has 0 aromatic heterocycles. The first-order chi connectivity index (χ1) is 18.9. The molecule has 204 valence electrons. The zero-order valence-electron chi connectivity index (χ0n) is 22.4. The first kappa shape index (κ1) is 27.1. The minimum Gasteiger partial charge on any atom is -0.325 e. The van der Waals surface area contributed by atoms with Crippen LogP contribution in [0.4, 0.5) is 17.1 Å². The average molecular weight is 545 g/mol. The molecule has 1 unspecified atom stereocenters. The number of carbonyl (C=O) groups is 1. The van der Waals surface area contributed by atoms with E-state index in [2.05, 4.69) is 27.1 Å². The maximum Gasteiger partial charge on any atom is 0.238 e. The predicted octanol–water partition coefficient (Wildman–Crippen LogP) is 6.07. The lowest BCUT2D eigenvalue weighted by Crippen LogP contribution is -2.23. The second-order valence-electron chi connectivity index (χ2n) is 10.4. The van der Waals surface area contributed by atoms with Crippen LogP contribution < -0.4 is 10.0 Å². The normalized spacial score (nSPS) is 18.3. The van der Waals surface area contributed by atoms with Gasteiger partial charge in [0.25, 0.3) is 0 Å². The molecule has 5 rings (SSSR count). The van der Waals surface area contributed by atoms with Gasteiger partial charge in [0.2, 0.25) is 15.9 Å². The van der Waals surface area contributed by atoms with Gasteiger partial charge < -0.3 is 5.32 Å². The Bertz CT molecular complexity index is 1430. The Labute approximate surface area is 231 Å². The van der Waals surface area contributed by atoms with E-state index in [4.69, 9.17) is 4.99 Å². The third-order valence-electron chi connectivity index (χ3n) is 7.26. The number of fused-ring (bicyclic) bond motifs is 1. The summed E-state index contributed by atoms with van der Waals surface area (Å²) in [5.41, 5.74) is 5.31. The Morgan fingerprint density at radius 1 is 0.974 bits per heavy atom. The SMILES string of the molecule is CCCS(=O)(=O)Nc1ccc2c(c1)C(C(=Nc1ccc(CN3CCCCCC3)cc1)c1ccccc1)C(=O)N2.